The third kappa shape index (κ3) is 2.13. The number of halogens is 1. The van der Waals surface area contributed by atoms with Crippen LogP contribution in [-0.4, -0.2) is 23.5 Å². The molecule has 1 N–H and O–H groups in total. The maximum Gasteiger partial charge on any atom is 0.308 e. The quantitative estimate of drug-likeness (QED) is 0.849. The van der Waals surface area contributed by atoms with Gasteiger partial charge in [-0.05, 0) is 30.7 Å². The molecule has 0 aliphatic carbocycles. The molecule has 5 heteroatoms. The van der Waals surface area contributed by atoms with Crippen molar-refractivity contribution in [2.45, 2.75) is 13.3 Å². The first-order valence-corrected chi connectivity index (χ1v) is 5.28. The van der Waals surface area contributed by atoms with Gasteiger partial charge in [-0.1, -0.05) is 0 Å². The highest BCUT2D eigenvalue weighted by Crippen LogP contribution is 2.26. The van der Waals surface area contributed by atoms with Crippen LogP contribution in [0.2, 0.25) is 0 Å². The molecule has 1 aliphatic rings. The minimum absolute atomic E-state index is 0.00571. The van der Waals surface area contributed by atoms with Gasteiger partial charge in [0.25, 0.3) is 0 Å². The number of carboxylic acids is 1. The fourth-order valence-electron chi connectivity index (χ4n) is 1.92. The Hall–Kier alpha value is -1.91. The van der Waals surface area contributed by atoms with Crippen molar-refractivity contribution in [3.05, 3.63) is 29.6 Å². The van der Waals surface area contributed by atoms with E-state index < -0.39 is 11.9 Å². The predicted octanol–water partition coefficient (Wildman–Crippen LogP) is 1.57. The molecule has 1 aromatic carbocycles. The third-order valence-corrected chi connectivity index (χ3v) is 2.93. The number of anilines is 1. The highest BCUT2D eigenvalue weighted by Gasteiger charge is 2.35. The second-order valence-electron chi connectivity index (χ2n) is 4.18. The molecule has 0 saturated carbocycles. The second-order valence-corrected chi connectivity index (χ2v) is 4.18. The number of benzene rings is 1. The molecule has 1 aliphatic heterocycles. The van der Waals surface area contributed by atoms with Crippen LogP contribution in [0, 0.1) is 18.7 Å². The van der Waals surface area contributed by atoms with E-state index in [1.165, 1.54) is 17.0 Å². The number of nitrogens with zero attached hydrogens (tertiary/aromatic N) is 1. The lowest BCUT2D eigenvalue weighted by molar-refractivity contribution is -0.141. The number of hydrogen-bond donors (Lipinski definition) is 1. The number of carbonyl (C=O) groups is 2. The topological polar surface area (TPSA) is 57.6 Å². The van der Waals surface area contributed by atoms with E-state index in [2.05, 4.69) is 0 Å². The van der Waals surface area contributed by atoms with Crippen molar-refractivity contribution in [1.29, 1.82) is 0 Å². The van der Waals surface area contributed by atoms with Gasteiger partial charge in [-0.25, -0.2) is 4.39 Å². The molecule has 1 heterocycles. The Balaban J connectivity index is 2.26. The van der Waals surface area contributed by atoms with E-state index in [0.717, 1.165) is 0 Å². The van der Waals surface area contributed by atoms with Crippen molar-refractivity contribution in [2.75, 3.05) is 11.4 Å². The summed E-state index contributed by atoms with van der Waals surface area (Å²) in [5.41, 5.74) is 0.992. The van der Waals surface area contributed by atoms with E-state index in [-0.39, 0.29) is 24.7 Å². The summed E-state index contributed by atoms with van der Waals surface area (Å²) >= 11 is 0. The van der Waals surface area contributed by atoms with Gasteiger partial charge in [0, 0.05) is 18.7 Å². The van der Waals surface area contributed by atoms with Crippen LogP contribution < -0.4 is 4.90 Å². The number of aryl methyl sites for hydroxylation is 1. The normalized spacial score (nSPS) is 19.8. The van der Waals surface area contributed by atoms with Gasteiger partial charge in [-0.3, -0.25) is 9.59 Å². The minimum atomic E-state index is -0.973. The molecule has 1 unspecified atom stereocenters. The lowest BCUT2D eigenvalue weighted by Gasteiger charge is -2.16. The summed E-state index contributed by atoms with van der Waals surface area (Å²) in [6.07, 6.45) is 0.00571. The highest BCUT2D eigenvalue weighted by atomic mass is 19.1. The highest BCUT2D eigenvalue weighted by molar-refractivity contribution is 5.99. The van der Waals surface area contributed by atoms with Crippen LogP contribution in [0.25, 0.3) is 0 Å². The lowest BCUT2D eigenvalue weighted by atomic mass is 10.1. The molecule has 0 spiro atoms. The standard InChI is InChI=1S/C12H12FNO3/c1-7-4-9(2-3-10(7)13)14-6-8(12(16)17)5-11(14)15/h2-4,8H,5-6H2,1H3,(H,16,17). The molecule has 90 valence electrons. The van der Waals surface area contributed by atoms with E-state index in [1.54, 1.807) is 13.0 Å². The van der Waals surface area contributed by atoms with Crippen LogP contribution in [0.5, 0.6) is 0 Å². The first kappa shape index (κ1) is 11.6. The van der Waals surface area contributed by atoms with Crippen LogP contribution in [0.15, 0.2) is 18.2 Å². The first-order valence-electron chi connectivity index (χ1n) is 5.28. The van der Waals surface area contributed by atoms with Crippen molar-refractivity contribution in [2.24, 2.45) is 5.92 Å². The van der Waals surface area contributed by atoms with Gasteiger partial charge in [0.1, 0.15) is 5.82 Å². The van der Waals surface area contributed by atoms with Crippen molar-refractivity contribution < 1.29 is 19.1 Å². The third-order valence-electron chi connectivity index (χ3n) is 2.93. The summed E-state index contributed by atoms with van der Waals surface area (Å²) in [6, 6.07) is 4.33. The van der Waals surface area contributed by atoms with Crippen molar-refractivity contribution in [3.63, 3.8) is 0 Å². The van der Waals surface area contributed by atoms with Gasteiger partial charge in [-0.15, -0.1) is 0 Å². The van der Waals surface area contributed by atoms with Crippen LogP contribution >= 0.6 is 0 Å². The number of amides is 1. The summed E-state index contributed by atoms with van der Waals surface area (Å²) in [5.74, 6) is -2.22. The van der Waals surface area contributed by atoms with Gasteiger partial charge in [-0.2, -0.15) is 0 Å². The van der Waals surface area contributed by atoms with Gasteiger partial charge in [0.05, 0.1) is 5.92 Å². The van der Waals surface area contributed by atoms with E-state index in [4.69, 9.17) is 5.11 Å². The first-order chi connectivity index (χ1) is 7.99. The number of carbonyl (C=O) groups excluding carboxylic acids is 1. The largest absolute Gasteiger partial charge is 0.481 e. The summed E-state index contributed by atoms with van der Waals surface area (Å²) < 4.78 is 13.1. The van der Waals surface area contributed by atoms with Gasteiger partial charge in [0.15, 0.2) is 0 Å². The fraction of sp³-hybridized carbons (Fsp3) is 0.333. The average molecular weight is 237 g/mol. The Morgan fingerprint density at radius 1 is 1.53 bits per heavy atom. The maximum absolute atomic E-state index is 13.1. The van der Waals surface area contributed by atoms with Gasteiger partial charge < -0.3 is 10.0 Å². The molecular weight excluding hydrogens is 225 g/mol. The average Bonchev–Trinajstić information content (AvgIpc) is 2.65. The Morgan fingerprint density at radius 2 is 2.24 bits per heavy atom. The summed E-state index contributed by atoms with van der Waals surface area (Å²) in [7, 11) is 0. The van der Waals surface area contributed by atoms with Crippen LogP contribution in [0.4, 0.5) is 10.1 Å². The van der Waals surface area contributed by atoms with Crippen molar-refractivity contribution in [1.82, 2.24) is 0 Å². The number of aliphatic carboxylic acids is 1. The number of carboxylic acid groups (broad SMARTS) is 1. The Bertz CT molecular complexity index is 487. The molecule has 1 aromatic rings. The molecule has 1 fully saturated rings. The summed E-state index contributed by atoms with van der Waals surface area (Å²) in [6.45, 7) is 1.76. The lowest BCUT2D eigenvalue weighted by Crippen LogP contribution is -2.25. The zero-order chi connectivity index (χ0) is 12.6. The van der Waals surface area contributed by atoms with Gasteiger partial charge in [0.2, 0.25) is 5.91 Å². The Morgan fingerprint density at radius 3 is 2.76 bits per heavy atom. The van der Waals surface area contributed by atoms with Crippen molar-refractivity contribution >= 4 is 17.6 Å². The minimum Gasteiger partial charge on any atom is -0.481 e. The number of rotatable bonds is 2. The summed E-state index contributed by atoms with van der Waals surface area (Å²) in [5, 5.41) is 8.86. The molecule has 1 saturated heterocycles. The number of hydrogen-bond acceptors (Lipinski definition) is 2. The maximum atomic E-state index is 13.1. The molecule has 17 heavy (non-hydrogen) atoms. The molecule has 4 nitrogen and oxygen atoms in total. The predicted molar refractivity (Wildman–Crippen MR) is 59.2 cm³/mol. The molecule has 0 bridgehead atoms. The van der Waals surface area contributed by atoms with Crippen LogP contribution in [-0.2, 0) is 9.59 Å². The van der Waals surface area contributed by atoms with E-state index >= 15 is 0 Å². The van der Waals surface area contributed by atoms with Gasteiger partial charge >= 0.3 is 5.97 Å². The zero-order valence-corrected chi connectivity index (χ0v) is 9.31. The molecule has 1 amide bonds. The molecule has 0 aromatic heterocycles. The van der Waals surface area contributed by atoms with E-state index in [1.807, 2.05) is 0 Å². The van der Waals surface area contributed by atoms with Crippen molar-refractivity contribution in [3.8, 4) is 0 Å². The molecule has 1 atom stereocenters. The summed E-state index contributed by atoms with van der Waals surface area (Å²) in [4.78, 5) is 23.9. The van der Waals surface area contributed by atoms with E-state index in [0.29, 0.717) is 11.3 Å². The SMILES string of the molecule is Cc1cc(N2CC(C(=O)O)CC2=O)ccc1F. The Labute approximate surface area is 97.7 Å². The molecule has 2 rings (SSSR count). The van der Waals surface area contributed by atoms with Crippen LogP contribution in [0.1, 0.15) is 12.0 Å². The van der Waals surface area contributed by atoms with E-state index in [9.17, 15) is 14.0 Å². The fourth-order valence-corrected chi connectivity index (χ4v) is 1.92. The smallest absolute Gasteiger partial charge is 0.308 e. The second kappa shape index (κ2) is 4.16. The molecular formula is C12H12FNO3. The Kier molecular flexibility index (Phi) is 2.83. The van der Waals surface area contributed by atoms with Crippen LogP contribution in [0.3, 0.4) is 0 Å². The molecule has 0 radical (unpaired) electrons. The zero-order valence-electron chi connectivity index (χ0n) is 9.31. The monoisotopic (exact) mass is 237 g/mol.